The van der Waals surface area contributed by atoms with Gasteiger partial charge in [-0.1, -0.05) is 12.1 Å². The van der Waals surface area contributed by atoms with Gasteiger partial charge in [0.25, 0.3) is 5.69 Å². The summed E-state index contributed by atoms with van der Waals surface area (Å²) in [5.41, 5.74) is 8.68. The fraction of sp³-hybridized carbons (Fsp3) is 0.381. The van der Waals surface area contributed by atoms with Crippen molar-refractivity contribution in [3.8, 4) is 0 Å². The first-order valence-electron chi connectivity index (χ1n) is 10.1. The van der Waals surface area contributed by atoms with Crippen molar-refractivity contribution in [3.05, 3.63) is 57.3 Å². The van der Waals surface area contributed by atoms with Crippen molar-refractivity contribution in [3.63, 3.8) is 0 Å². The highest BCUT2D eigenvalue weighted by atomic mass is 16.6. The molecule has 156 valence electrons. The molecule has 1 aromatic carbocycles. The highest BCUT2D eigenvalue weighted by Gasteiger charge is 2.24. The van der Waals surface area contributed by atoms with Crippen molar-refractivity contribution in [1.82, 2.24) is 14.9 Å². The van der Waals surface area contributed by atoms with Crippen LogP contribution in [0.2, 0.25) is 0 Å². The van der Waals surface area contributed by atoms with E-state index in [9.17, 15) is 14.9 Å². The van der Waals surface area contributed by atoms with E-state index >= 15 is 0 Å². The number of carbonyl (C=O) groups excluding carboxylic acids is 1. The van der Waals surface area contributed by atoms with Crippen LogP contribution in [-0.2, 0) is 17.6 Å². The van der Waals surface area contributed by atoms with Gasteiger partial charge in [-0.05, 0) is 37.8 Å². The molecular weight excluding hydrogens is 384 g/mol. The third-order valence-corrected chi connectivity index (χ3v) is 5.62. The number of aryl methyl sites for hydroxylation is 1. The molecule has 0 bridgehead atoms. The van der Waals surface area contributed by atoms with E-state index in [0.717, 1.165) is 36.9 Å². The molecule has 1 fully saturated rings. The van der Waals surface area contributed by atoms with E-state index in [0.29, 0.717) is 43.5 Å². The summed E-state index contributed by atoms with van der Waals surface area (Å²) in [6.07, 6.45) is 7.02. The summed E-state index contributed by atoms with van der Waals surface area (Å²) in [5.74, 6) is 1.04. The highest BCUT2D eigenvalue weighted by molar-refractivity contribution is 5.92. The minimum atomic E-state index is -0.451. The second-order valence-corrected chi connectivity index (χ2v) is 7.50. The molecule has 0 spiro atoms. The van der Waals surface area contributed by atoms with Gasteiger partial charge in [0.05, 0.1) is 16.2 Å². The Morgan fingerprint density at radius 2 is 1.83 bits per heavy atom. The molecule has 1 aromatic heterocycles. The molecule has 0 unspecified atom stereocenters. The fourth-order valence-corrected chi connectivity index (χ4v) is 3.94. The maximum atomic E-state index is 12.5. The summed E-state index contributed by atoms with van der Waals surface area (Å²) in [4.78, 5) is 36.2. The Morgan fingerprint density at radius 3 is 2.60 bits per heavy atom. The number of nitrogens with zero attached hydrogens (tertiary/aromatic N) is 5. The number of piperazine rings is 1. The molecule has 9 heteroatoms. The van der Waals surface area contributed by atoms with Crippen LogP contribution in [0, 0.1) is 10.1 Å². The average molecular weight is 408 g/mol. The van der Waals surface area contributed by atoms with Crippen LogP contribution in [0.4, 0.5) is 17.5 Å². The van der Waals surface area contributed by atoms with Gasteiger partial charge in [-0.3, -0.25) is 14.9 Å². The number of fused-ring (bicyclic) bond motifs is 1. The van der Waals surface area contributed by atoms with Crippen molar-refractivity contribution in [2.75, 3.05) is 36.8 Å². The number of aromatic nitrogens is 2. The highest BCUT2D eigenvalue weighted by Crippen LogP contribution is 2.26. The topological polar surface area (TPSA) is 118 Å². The first kappa shape index (κ1) is 19.8. The van der Waals surface area contributed by atoms with E-state index in [1.807, 2.05) is 0 Å². The van der Waals surface area contributed by atoms with Crippen molar-refractivity contribution in [2.24, 2.45) is 0 Å². The fourth-order valence-electron chi connectivity index (χ4n) is 3.94. The standard InChI is InChI=1S/C21H24N6O3/c22-20-16-6-2-3-7-17(16)23-21(24-20)26-13-11-25(12-14-26)19(28)10-9-15-5-1-4-8-18(15)27(29)30/h1,4-5,8-10H,2-3,6-7,11-14H2,(H2,22,23,24)/b10-9+. The molecule has 1 aliphatic carbocycles. The molecule has 1 amide bonds. The van der Waals surface area contributed by atoms with Gasteiger partial charge in [0.15, 0.2) is 0 Å². The number of nitrogens with two attached hydrogens (primary N) is 1. The lowest BCUT2D eigenvalue weighted by molar-refractivity contribution is -0.385. The zero-order chi connectivity index (χ0) is 21.1. The molecule has 0 radical (unpaired) electrons. The number of rotatable bonds is 4. The van der Waals surface area contributed by atoms with E-state index in [-0.39, 0.29) is 11.6 Å². The molecular formula is C21H24N6O3. The normalized spacial score (nSPS) is 16.5. The average Bonchev–Trinajstić information content (AvgIpc) is 2.77. The first-order valence-corrected chi connectivity index (χ1v) is 10.1. The molecule has 2 N–H and O–H groups in total. The van der Waals surface area contributed by atoms with Crippen LogP contribution >= 0.6 is 0 Å². The number of amides is 1. The Morgan fingerprint density at radius 1 is 1.10 bits per heavy atom. The largest absolute Gasteiger partial charge is 0.383 e. The predicted molar refractivity (Wildman–Crippen MR) is 114 cm³/mol. The number of carbonyl (C=O) groups is 1. The van der Waals surface area contributed by atoms with Crippen LogP contribution in [0.15, 0.2) is 30.3 Å². The molecule has 2 heterocycles. The van der Waals surface area contributed by atoms with Crippen molar-refractivity contribution < 1.29 is 9.72 Å². The Hall–Kier alpha value is -3.49. The van der Waals surface area contributed by atoms with E-state index in [4.69, 9.17) is 10.7 Å². The summed E-state index contributed by atoms with van der Waals surface area (Å²) in [5, 5.41) is 11.1. The Bertz CT molecular complexity index is 998. The molecule has 0 atom stereocenters. The van der Waals surface area contributed by atoms with E-state index < -0.39 is 4.92 Å². The van der Waals surface area contributed by atoms with Gasteiger partial charge in [-0.25, -0.2) is 4.98 Å². The maximum Gasteiger partial charge on any atom is 0.276 e. The monoisotopic (exact) mass is 408 g/mol. The Balaban J connectivity index is 1.40. The Kier molecular flexibility index (Phi) is 5.60. The number of nitro benzene ring substituents is 1. The third kappa shape index (κ3) is 4.10. The lowest BCUT2D eigenvalue weighted by Gasteiger charge is -2.34. The van der Waals surface area contributed by atoms with E-state index in [1.165, 1.54) is 18.2 Å². The van der Waals surface area contributed by atoms with Gasteiger partial charge in [-0.15, -0.1) is 0 Å². The molecule has 2 aromatic rings. The van der Waals surface area contributed by atoms with E-state index in [2.05, 4.69) is 9.88 Å². The summed E-state index contributed by atoms with van der Waals surface area (Å²) < 4.78 is 0. The summed E-state index contributed by atoms with van der Waals surface area (Å²) in [6, 6.07) is 6.36. The van der Waals surface area contributed by atoms with Crippen molar-refractivity contribution >= 4 is 29.4 Å². The number of nitro groups is 1. The minimum absolute atomic E-state index is 0.0199. The van der Waals surface area contributed by atoms with Gasteiger partial charge in [0, 0.05) is 43.9 Å². The van der Waals surface area contributed by atoms with Gasteiger partial charge >= 0.3 is 0 Å². The van der Waals surface area contributed by atoms with Crippen LogP contribution in [-0.4, -0.2) is 51.9 Å². The van der Waals surface area contributed by atoms with Gasteiger partial charge < -0.3 is 15.5 Å². The molecule has 30 heavy (non-hydrogen) atoms. The Labute approximate surface area is 174 Å². The molecule has 1 saturated heterocycles. The summed E-state index contributed by atoms with van der Waals surface area (Å²) in [6.45, 7) is 2.29. The van der Waals surface area contributed by atoms with E-state index in [1.54, 1.807) is 23.1 Å². The molecule has 0 saturated carbocycles. The number of hydrogen-bond donors (Lipinski definition) is 1. The lowest BCUT2D eigenvalue weighted by Crippen LogP contribution is -2.49. The van der Waals surface area contributed by atoms with Crippen LogP contribution in [0.25, 0.3) is 6.08 Å². The van der Waals surface area contributed by atoms with Crippen molar-refractivity contribution in [1.29, 1.82) is 0 Å². The van der Waals surface area contributed by atoms with Crippen LogP contribution in [0.1, 0.15) is 29.7 Å². The van der Waals surface area contributed by atoms with Crippen LogP contribution in [0.3, 0.4) is 0 Å². The zero-order valence-electron chi connectivity index (χ0n) is 16.7. The number of benzene rings is 1. The number of nitrogen functional groups attached to an aromatic ring is 1. The lowest BCUT2D eigenvalue weighted by atomic mass is 9.96. The second-order valence-electron chi connectivity index (χ2n) is 7.50. The summed E-state index contributed by atoms with van der Waals surface area (Å²) >= 11 is 0. The minimum Gasteiger partial charge on any atom is -0.383 e. The van der Waals surface area contributed by atoms with Crippen LogP contribution < -0.4 is 10.6 Å². The number of para-hydroxylation sites is 1. The quantitative estimate of drug-likeness (QED) is 0.468. The van der Waals surface area contributed by atoms with Crippen molar-refractivity contribution in [2.45, 2.75) is 25.7 Å². The van der Waals surface area contributed by atoms with Gasteiger partial charge in [-0.2, -0.15) is 4.98 Å². The SMILES string of the molecule is Nc1nc(N2CCN(C(=O)/C=C/c3ccccc3[N+](=O)[O-])CC2)nc2c1CCCC2. The molecule has 1 aliphatic heterocycles. The zero-order valence-corrected chi connectivity index (χ0v) is 16.7. The second kappa shape index (κ2) is 8.48. The molecule has 4 rings (SSSR count). The molecule has 2 aliphatic rings. The summed E-state index contributed by atoms with van der Waals surface area (Å²) in [7, 11) is 0. The van der Waals surface area contributed by atoms with Crippen LogP contribution in [0.5, 0.6) is 0 Å². The maximum absolute atomic E-state index is 12.5. The van der Waals surface area contributed by atoms with Gasteiger partial charge in [0.2, 0.25) is 11.9 Å². The predicted octanol–water partition coefficient (Wildman–Crippen LogP) is 2.21. The smallest absolute Gasteiger partial charge is 0.276 e. The first-order chi connectivity index (χ1) is 14.5. The number of hydrogen-bond acceptors (Lipinski definition) is 7. The molecule has 9 nitrogen and oxygen atoms in total. The van der Waals surface area contributed by atoms with Gasteiger partial charge in [0.1, 0.15) is 5.82 Å². The number of anilines is 2. The third-order valence-electron chi connectivity index (χ3n) is 5.62.